The molecular weight excluding hydrogens is 314 g/mol. The molecular formula is C17H26ClN3O2. The Morgan fingerprint density at radius 2 is 2.30 bits per heavy atom. The van der Waals surface area contributed by atoms with Gasteiger partial charge in [0, 0.05) is 32.6 Å². The first kappa shape index (κ1) is 18.0. The molecule has 1 atom stereocenters. The van der Waals surface area contributed by atoms with E-state index in [9.17, 15) is 4.79 Å². The van der Waals surface area contributed by atoms with Crippen molar-refractivity contribution in [1.29, 1.82) is 0 Å². The zero-order chi connectivity index (χ0) is 15.4. The fraction of sp³-hybridized carbons (Fsp3) is 0.588. The van der Waals surface area contributed by atoms with E-state index in [1.165, 1.54) is 11.1 Å². The maximum atomic E-state index is 12.1. The number of fused-ring (bicyclic) bond motifs is 1. The molecule has 1 amide bonds. The number of hydrogen-bond donors (Lipinski definition) is 2. The summed E-state index contributed by atoms with van der Waals surface area (Å²) >= 11 is 0. The van der Waals surface area contributed by atoms with Gasteiger partial charge in [0.05, 0.1) is 12.5 Å². The van der Waals surface area contributed by atoms with Gasteiger partial charge in [0.15, 0.2) is 0 Å². The van der Waals surface area contributed by atoms with E-state index in [-0.39, 0.29) is 24.2 Å². The quantitative estimate of drug-likeness (QED) is 0.849. The minimum atomic E-state index is 0. The number of rotatable bonds is 5. The highest BCUT2D eigenvalue weighted by atomic mass is 35.5. The van der Waals surface area contributed by atoms with E-state index in [0.29, 0.717) is 13.1 Å². The van der Waals surface area contributed by atoms with E-state index in [0.717, 1.165) is 51.3 Å². The van der Waals surface area contributed by atoms with Gasteiger partial charge in [-0.3, -0.25) is 9.69 Å². The van der Waals surface area contributed by atoms with Crippen molar-refractivity contribution in [1.82, 2.24) is 10.2 Å². The molecule has 1 saturated heterocycles. The number of benzene rings is 1. The average molecular weight is 340 g/mol. The van der Waals surface area contributed by atoms with Crippen LogP contribution in [0.3, 0.4) is 0 Å². The Kier molecular flexibility index (Phi) is 6.69. The number of amides is 1. The van der Waals surface area contributed by atoms with Gasteiger partial charge in [-0.2, -0.15) is 0 Å². The van der Waals surface area contributed by atoms with Crippen LogP contribution in [-0.2, 0) is 17.8 Å². The van der Waals surface area contributed by atoms with Crippen molar-refractivity contribution in [2.75, 3.05) is 32.8 Å². The predicted octanol–water partition coefficient (Wildman–Crippen LogP) is 1.33. The Balaban J connectivity index is 0.00000192. The number of likely N-dealkylation sites (tertiary alicyclic amines) is 1. The number of nitrogens with one attached hydrogen (secondary N) is 1. The van der Waals surface area contributed by atoms with Crippen molar-refractivity contribution in [2.45, 2.75) is 25.8 Å². The normalized spacial score (nSPS) is 20.3. The molecule has 23 heavy (non-hydrogen) atoms. The Morgan fingerprint density at radius 3 is 3.13 bits per heavy atom. The van der Waals surface area contributed by atoms with Crippen molar-refractivity contribution in [3.05, 3.63) is 29.3 Å². The maximum absolute atomic E-state index is 12.1. The number of nitrogens with zero attached hydrogens (tertiary/aromatic N) is 1. The highest BCUT2D eigenvalue weighted by Crippen LogP contribution is 2.27. The van der Waals surface area contributed by atoms with Crippen molar-refractivity contribution in [3.8, 4) is 5.75 Å². The van der Waals surface area contributed by atoms with Crippen LogP contribution in [0.2, 0.25) is 0 Å². The highest BCUT2D eigenvalue weighted by Gasteiger charge is 2.25. The molecule has 2 aliphatic heterocycles. The van der Waals surface area contributed by atoms with Gasteiger partial charge in [-0.05, 0) is 36.6 Å². The van der Waals surface area contributed by atoms with Crippen LogP contribution >= 0.6 is 12.4 Å². The van der Waals surface area contributed by atoms with E-state index in [4.69, 9.17) is 10.5 Å². The molecule has 3 rings (SSSR count). The predicted molar refractivity (Wildman–Crippen MR) is 93.0 cm³/mol. The van der Waals surface area contributed by atoms with Crippen LogP contribution in [-0.4, -0.2) is 43.6 Å². The molecule has 0 aromatic heterocycles. The summed E-state index contributed by atoms with van der Waals surface area (Å²) in [5, 5.41) is 2.91. The summed E-state index contributed by atoms with van der Waals surface area (Å²) in [6.45, 7) is 4.68. The van der Waals surface area contributed by atoms with Gasteiger partial charge in [0.1, 0.15) is 5.75 Å². The minimum Gasteiger partial charge on any atom is -0.493 e. The number of nitrogens with two attached hydrogens (primary N) is 1. The molecule has 1 aromatic carbocycles. The summed E-state index contributed by atoms with van der Waals surface area (Å²) in [6, 6.07) is 6.47. The van der Waals surface area contributed by atoms with Crippen LogP contribution in [0.15, 0.2) is 18.2 Å². The first-order valence-electron chi connectivity index (χ1n) is 8.21. The van der Waals surface area contributed by atoms with E-state index < -0.39 is 0 Å². The molecule has 0 bridgehead atoms. The lowest BCUT2D eigenvalue weighted by atomic mass is 9.96. The van der Waals surface area contributed by atoms with Gasteiger partial charge < -0.3 is 15.8 Å². The van der Waals surface area contributed by atoms with Gasteiger partial charge in [-0.15, -0.1) is 12.4 Å². The third-order valence-electron chi connectivity index (χ3n) is 4.48. The Morgan fingerprint density at radius 1 is 1.43 bits per heavy atom. The van der Waals surface area contributed by atoms with Gasteiger partial charge in [0.25, 0.3) is 0 Å². The van der Waals surface area contributed by atoms with E-state index in [1.54, 1.807) is 0 Å². The third kappa shape index (κ3) is 4.59. The summed E-state index contributed by atoms with van der Waals surface area (Å²) in [7, 11) is 0. The standard InChI is InChI=1S/C17H25N3O2.ClH/c18-6-7-19-17(21)15-2-1-8-20(12-15)11-13-3-4-16-14(10-13)5-9-22-16;/h3-4,10,15H,1-2,5-9,11-12,18H2,(H,19,21);1H. The van der Waals surface area contributed by atoms with Crippen LogP contribution in [0.4, 0.5) is 0 Å². The van der Waals surface area contributed by atoms with Gasteiger partial charge >= 0.3 is 0 Å². The topological polar surface area (TPSA) is 67.6 Å². The molecule has 1 fully saturated rings. The zero-order valence-electron chi connectivity index (χ0n) is 13.4. The second-order valence-electron chi connectivity index (χ2n) is 6.19. The van der Waals surface area contributed by atoms with Crippen LogP contribution in [0.25, 0.3) is 0 Å². The summed E-state index contributed by atoms with van der Waals surface area (Å²) in [6.07, 6.45) is 3.06. The zero-order valence-corrected chi connectivity index (χ0v) is 14.2. The number of hydrogen-bond acceptors (Lipinski definition) is 4. The second-order valence-corrected chi connectivity index (χ2v) is 6.19. The van der Waals surface area contributed by atoms with Crippen LogP contribution in [0.5, 0.6) is 5.75 Å². The van der Waals surface area contributed by atoms with Crippen LogP contribution in [0.1, 0.15) is 24.0 Å². The first-order chi connectivity index (χ1) is 10.8. The van der Waals surface area contributed by atoms with Crippen molar-refractivity contribution < 1.29 is 9.53 Å². The number of carbonyl (C=O) groups is 1. The monoisotopic (exact) mass is 339 g/mol. The molecule has 128 valence electrons. The molecule has 0 aliphatic carbocycles. The lowest BCUT2D eigenvalue weighted by Crippen LogP contribution is -2.43. The molecule has 0 radical (unpaired) electrons. The molecule has 5 nitrogen and oxygen atoms in total. The number of piperidine rings is 1. The van der Waals surface area contributed by atoms with Crippen molar-refractivity contribution >= 4 is 18.3 Å². The molecule has 1 unspecified atom stereocenters. The van der Waals surface area contributed by atoms with Crippen LogP contribution in [0, 0.1) is 5.92 Å². The molecule has 0 spiro atoms. The summed E-state index contributed by atoms with van der Waals surface area (Å²) in [5.41, 5.74) is 8.07. The minimum absolute atomic E-state index is 0. The lowest BCUT2D eigenvalue weighted by Gasteiger charge is -2.32. The molecule has 2 heterocycles. The summed E-state index contributed by atoms with van der Waals surface area (Å²) in [5.74, 6) is 1.27. The Labute approximate surface area is 144 Å². The van der Waals surface area contributed by atoms with E-state index >= 15 is 0 Å². The van der Waals surface area contributed by atoms with Crippen molar-refractivity contribution in [3.63, 3.8) is 0 Å². The maximum Gasteiger partial charge on any atom is 0.224 e. The SMILES string of the molecule is Cl.NCCNC(=O)C1CCCN(Cc2ccc3c(c2)CCO3)C1. The smallest absolute Gasteiger partial charge is 0.224 e. The number of halogens is 1. The molecule has 1 aromatic rings. The van der Waals surface area contributed by atoms with Crippen molar-refractivity contribution in [2.24, 2.45) is 11.7 Å². The highest BCUT2D eigenvalue weighted by molar-refractivity contribution is 5.85. The number of carbonyl (C=O) groups excluding carboxylic acids is 1. The van der Waals surface area contributed by atoms with Gasteiger partial charge in [0.2, 0.25) is 5.91 Å². The summed E-state index contributed by atoms with van der Waals surface area (Å²) < 4.78 is 5.55. The molecule has 2 aliphatic rings. The molecule has 0 saturated carbocycles. The molecule has 6 heteroatoms. The Hall–Kier alpha value is -1.30. The van der Waals surface area contributed by atoms with Gasteiger partial charge in [-0.25, -0.2) is 0 Å². The fourth-order valence-electron chi connectivity index (χ4n) is 3.35. The fourth-order valence-corrected chi connectivity index (χ4v) is 3.35. The summed E-state index contributed by atoms with van der Waals surface area (Å²) in [4.78, 5) is 14.5. The van der Waals surface area contributed by atoms with Crippen LogP contribution < -0.4 is 15.8 Å². The van der Waals surface area contributed by atoms with Gasteiger partial charge in [-0.1, -0.05) is 12.1 Å². The van der Waals surface area contributed by atoms with E-state index in [2.05, 4.69) is 28.4 Å². The first-order valence-corrected chi connectivity index (χ1v) is 8.21. The largest absolute Gasteiger partial charge is 0.493 e. The third-order valence-corrected chi connectivity index (χ3v) is 4.48. The Bertz CT molecular complexity index is 539. The molecule has 3 N–H and O–H groups in total. The second kappa shape index (κ2) is 8.52. The number of ether oxygens (including phenoxy) is 1. The average Bonchev–Trinajstić information content (AvgIpc) is 3.00. The van der Waals surface area contributed by atoms with E-state index in [1.807, 2.05) is 0 Å². The lowest BCUT2D eigenvalue weighted by molar-refractivity contribution is -0.126.